The van der Waals surface area contributed by atoms with Crippen LogP contribution in [0.3, 0.4) is 0 Å². The SMILES string of the molecule is COc1ccc(OC)c(NC(=O)CSc2nnc(COc3ccc(C)cc3C)n2C)c1. The highest BCUT2D eigenvalue weighted by Crippen LogP contribution is 2.29. The molecule has 0 saturated heterocycles. The number of carbonyl (C=O) groups is 1. The number of aromatic nitrogens is 3. The second-order valence-corrected chi connectivity index (χ2v) is 7.86. The lowest BCUT2D eigenvalue weighted by atomic mass is 10.1. The number of nitrogens with zero attached hydrogens (tertiary/aromatic N) is 3. The monoisotopic (exact) mass is 442 g/mol. The largest absolute Gasteiger partial charge is 0.497 e. The molecule has 1 amide bonds. The fraction of sp³-hybridized carbons (Fsp3) is 0.318. The summed E-state index contributed by atoms with van der Waals surface area (Å²) in [6.07, 6.45) is 0. The molecule has 0 radical (unpaired) electrons. The van der Waals surface area contributed by atoms with Crippen molar-refractivity contribution in [3.05, 3.63) is 53.3 Å². The first-order valence-electron chi connectivity index (χ1n) is 9.64. The van der Waals surface area contributed by atoms with Gasteiger partial charge in [-0.2, -0.15) is 0 Å². The molecule has 0 aliphatic rings. The van der Waals surface area contributed by atoms with E-state index in [9.17, 15) is 4.79 Å². The average Bonchev–Trinajstić information content (AvgIpc) is 3.11. The molecule has 164 valence electrons. The summed E-state index contributed by atoms with van der Waals surface area (Å²) in [6, 6.07) is 11.3. The molecule has 0 saturated carbocycles. The van der Waals surface area contributed by atoms with Crippen molar-refractivity contribution < 1.29 is 19.0 Å². The van der Waals surface area contributed by atoms with Gasteiger partial charge in [-0.05, 0) is 37.6 Å². The minimum atomic E-state index is -0.187. The lowest BCUT2D eigenvalue weighted by molar-refractivity contribution is -0.113. The first-order chi connectivity index (χ1) is 14.9. The van der Waals surface area contributed by atoms with Crippen LogP contribution in [0.25, 0.3) is 0 Å². The Bertz CT molecular complexity index is 1070. The van der Waals surface area contributed by atoms with Gasteiger partial charge in [-0.3, -0.25) is 4.79 Å². The van der Waals surface area contributed by atoms with Crippen LogP contribution in [-0.4, -0.2) is 40.6 Å². The molecule has 0 atom stereocenters. The van der Waals surface area contributed by atoms with E-state index in [1.54, 1.807) is 32.4 Å². The Balaban J connectivity index is 1.58. The van der Waals surface area contributed by atoms with Crippen LogP contribution in [0.1, 0.15) is 17.0 Å². The third-order valence-corrected chi connectivity index (χ3v) is 5.65. The summed E-state index contributed by atoms with van der Waals surface area (Å²) in [5.41, 5.74) is 2.81. The molecule has 0 unspecified atom stereocenters. The maximum Gasteiger partial charge on any atom is 0.234 e. The number of benzene rings is 2. The van der Waals surface area contributed by atoms with Crippen molar-refractivity contribution in [3.63, 3.8) is 0 Å². The van der Waals surface area contributed by atoms with Crippen molar-refractivity contribution in [1.82, 2.24) is 14.8 Å². The maximum atomic E-state index is 12.4. The molecule has 0 aliphatic heterocycles. The van der Waals surface area contributed by atoms with E-state index in [-0.39, 0.29) is 11.7 Å². The van der Waals surface area contributed by atoms with Gasteiger partial charge in [0.15, 0.2) is 11.0 Å². The van der Waals surface area contributed by atoms with Gasteiger partial charge in [-0.15, -0.1) is 10.2 Å². The smallest absolute Gasteiger partial charge is 0.234 e. The van der Waals surface area contributed by atoms with E-state index in [0.717, 1.165) is 11.3 Å². The fourth-order valence-electron chi connectivity index (χ4n) is 2.93. The number of anilines is 1. The lowest BCUT2D eigenvalue weighted by Crippen LogP contribution is -2.15. The predicted molar refractivity (Wildman–Crippen MR) is 120 cm³/mol. The number of ether oxygens (including phenoxy) is 3. The number of hydrogen-bond acceptors (Lipinski definition) is 7. The first kappa shape index (κ1) is 22.5. The van der Waals surface area contributed by atoms with Crippen molar-refractivity contribution >= 4 is 23.4 Å². The summed E-state index contributed by atoms with van der Waals surface area (Å²) in [5, 5.41) is 11.8. The van der Waals surface area contributed by atoms with Gasteiger partial charge in [0.1, 0.15) is 23.9 Å². The molecule has 8 nitrogen and oxygen atoms in total. The van der Waals surface area contributed by atoms with Crippen LogP contribution in [0, 0.1) is 13.8 Å². The molecule has 0 spiro atoms. The Morgan fingerprint density at radius 1 is 1.06 bits per heavy atom. The number of thioether (sulfide) groups is 1. The Hall–Kier alpha value is -3.20. The van der Waals surface area contributed by atoms with E-state index in [0.29, 0.717) is 34.8 Å². The Morgan fingerprint density at radius 3 is 2.55 bits per heavy atom. The van der Waals surface area contributed by atoms with Crippen LogP contribution in [0.2, 0.25) is 0 Å². The predicted octanol–water partition coefficient (Wildman–Crippen LogP) is 3.76. The van der Waals surface area contributed by atoms with Crippen molar-refractivity contribution in [2.45, 2.75) is 25.6 Å². The average molecular weight is 443 g/mol. The number of methoxy groups -OCH3 is 2. The van der Waals surface area contributed by atoms with Crippen LogP contribution < -0.4 is 19.5 Å². The zero-order valence-electron chi connectivity index (χ0n) is 18.3. The van der Waals surface area contributed by atoms with Crippen molar-refractivity contribution in [3.8, 4) is 17.2 Å². The molecule has 0 fully saturated rings. The van der Waals surface area contributed by atoms with Crippen LogP contribution >= 0.6 is 11.8 Å². The van der Waals surface area contributed by atoms with Crippen LogP contribution in [0.4, 0.5) is 5.69 Å². The van der Waals surface area contributed by atoms with Crippen LogP contribution in [0.5, 0.6) is 17.2 Å². The van der Waals surface area contributed by atoms with E-state index >= 15 is 0 Å². The summed E-state index contributed by atoms with van der Waals surface area (Å²) in [7, 11) is 4.97. The van der Waals surface area contributed by atoms with Gasteiger partial charge < -0.3 is 24.1 Å². The summed E-state index contributed by atoms with van der Waals surface area (Å²) in [6.45, 7) is 4.35. The summed E-state index contributed by atoms with van der Waals surface area (Å²) < 4.78 is 18.2. The van der Waals surface area contributed by atoms with Crippen LogP contribution in [-0.2, 0) is 18.4 Å². The molecule has 2 aromatic carbocycles. The fourth-order valence-corrected chi connectivity index (χ4v) is 3.66. The normalized spacial score (nSPS) is 10.6. The third-order valence-electron chi connectivity index (χ3n) is 4.63. The number of hydrogen-bond donors (Lipinski definition) is 1. The van der Waals surface area contributed by atoms with Gasteiger partial charge in [0.05, 0.1) is 25.7 Å². The van der Waals surface area contributed by atoms with Gasteiger partial charge in [0, 0.05) is 13.1 Å². The summed E-state index contributed by atoms with van der Waals surface area (Å²) in [5.74, 6) is 2.66. The molecule has 1 N–H and O–H groups in total. The molecule has 31 heavy (non-hydrogen) atoms. The zero-order valence-corrected chi connectivity index (χ0v) is 19.1. The standard InChI is InChI=1S/C22H26N4O4S/c1-14-6-8-18(15(2)10-14)30-12-20-24-25-22(26(20)3)31-13-21(27)23-17-11-16(28-4)7-9-19(17)29-5/h6-11H,12-13H2,1-5H3,(H,23,27). The molecule has 0 aliphatic carbocycles. The highest BCUT2D eigenvalue weighted by molar-refractivity contribution is 7.99. The van der Waals surface area contributed by atoms with E-state index < -0.39 is 0 Å². The molecule has 0 bridgehead atoms. The molecular formula is C22H26N4O4S. The van der Waals surface area contributed by atoms with E-state index in [4.69, 9.17) is 14.2 Å². The summed E-state index contributed by atoms with van der Waals surface area (Å²) in [4.78, 5) is 12.4. The quantitative estimate of drug-likeness (QED) is 0.505. The number of carbonyl (C=O) groups excluding carboxylic acids is 1. The van der Waals surface area contributed by atoms with Crippen molar-refractivity contribution in [2.24, 2.45) is 7.05 Å². The van der Waals surface area contributed by atoms with Crippen molar-refractivity contribution in [2.75, 3.05) is 25.3 Å². The number of nitrogens with one attached hydrogen (secondary N) is 1. The minimum absolute atomic E-state index is 0.171. The van der Waals surface area contributed by atoms with Gasteiger partial charge in [-0.1, -0.05) is 29.5 Å². The van der Waals surface area contributed by atoms with Gasteiger partial charge in [-0.25, -0.2) is 0 Å². The van der Waals surface area contributed by atoms with Crippen LogP contribution in [0.15, 0.2) is 41.6 Å². The summed E-state index contributed by atoms with van der Waals surface area (Å²) >= 11 is 1.30. The van der Waals surface area contributed by atoms with Gasteiger partial charge in [0.2, 0.25) is 5.91 Å². The number of amides is 1. The lowest BCUT2D eigenvalue weighted by Gasteiger charge is -2.11. The Kier molecular flexibility index (Phi) is 7.41. The van der Waals surface area contributed by atoms with E-state index in [1.807, 2.05) is 37.6 Å². The second kappa shape index (κ2) is 10.2. The molecule has 3 rings (SSSR count). The number of aryl methyl sites for hydroxylation is 2. The first-order valence-corrected chi connectivity index (χ1v) is 10.6. The van der Waals surface area contributed by atoms with Crippen molar-refractivity contribution in [1.29, 1.82) is 0 Å². The van der Waals surface area contributed by atoms with Gasteiger partial charge >= 0.3 is 0 Å². The second-order valence-electron chi connectivity index (χ2n) is 6.92. The molecule has 9 heteroatoms. The van der Waals surface area contributed by atoms with E-state index in [1.165, 1.54) is 17.3 Å². The highest BCUT2D eigenvalue weighted by atomic mass is 32.2. The zero-order chi connectivity index (χ0) is 22.4. The minimum Gasteiger partial charge on any atom is -0.497 e. The topological polar surface area (TPSA) is 87.5 Å². The number of rotatable bonds is 9. The Labute approximate surface area is 185 Å². The Morgan fingerprint density at radius 2 is 1.84 bits per heavy atom. The third kappa shape index (κ3) is 5.69. The molecular weight excluding hydrogens is 416 g/mol. The highest BCUT2D eigenvalue weighted by Gasteiger charge is 2.14. The molecule has 3 aromatic rings. The molecule has 1 aromatic heterocycles. The molecule has 1 heterocycles. The van der Waals surface area contributed by atoms with Gasteiger partial charge in [0.25, 0.3) is 0 Å². The maximum absolute atomic E-state index is 12.4. The van der Waals surface area contributed by atoms with E-state index in [2.05, 4.69) is 21.6 Å².